The highest BCUT2D eigenvalue weighted by Crippen LogP contribution is 2.30. The van der Waals surface area contributed by atoms with Gasteiger partial charge < -0.3 is 10.2 Å². The zero-order chi connectivity index (χ0) is 23.6. The number of alkyl halides is 3. The van der Waals surface area contributed by atoms with Gasteiger partial charge in [0.05, 0.1) is 6.54 Å². The summed E-state index contributed by atoms with van der Waals surface area (Å²) in [5, 5.41) is 5.75. The number of amides is 2. The number of rotatable bonds is 5. The molecule has 3 heterocycles. The second-order valence-electron chi connectivity index (χ2n) is 8.72. The van der Waals surface area contributed by atoms with E-state index in [0.29, 0.717) is 31.1 Å². The topological polar surface area (TPSA) is 70.5 Å². The van der Waals surface area contributed by atoms with Gasteiger partial charge >= 0.3 is 6.18 Å². The molecule has 178 valence electrons. The highest BCUT2D eigenvalue weighted by Gasteiger charge is 2.36. The van der Waals surface area contributed by atoms with Crippen molar-refractivity contribution in [3.63, 3.8) is 0 Å². The van der Waals surface area contributed by atoms with E-state index < -0.39 is 17.8 Å². The largest absolute Gasteiger partial charge is 0.435 e. The minimum absolute atomic E-state index is 0.233. The first kappa shape index (κ1) is 23.3. The normalized spacial score (nSPS) is 20.2. The summed E-state index contributed by atoms with van der Waals surface area (Å²) in [7, 11) is 1.26. The fourth-order valence-electron chi connectivity index (χ4n) is 4.77. The van der Waals surface area contributed by atoms with E-state index in [1.807, 2.05) is 6.07 Å². The molecule has 2 aliphatic heterocycles. The molecule has 2 fully saturated rings. The second-order valence-corrected chi connectivity index (χ2v) is 8.72. The molecule has 0 saturated carbocycles. The molecule has 1 aromatic heterocycles. The molecule has 33 heavy (non-hydrogen) atoms. The lowest BCUT2D eigenvalue weighted by Crippen LogP contribution is -2.44. The molecule has 2 aromatic rings. The van der Waals surface area contributed by atoms with Crippen molar-refractivity contribution in [2.75, 3.05) is 32.7 Å². The molecule has 2 amide bonds. The first-order valence-corrected chi connectivity index (χ1v) is 11.2. The van der Waals surface area contributed by atoms with Crippen LogP contribution in [0, 0.1) is 0 Å². The number of halogens is 3. The number of likely N-dealkylation sites (tertiary alicyclic amines) is 2. The maximum Gasteiger partial charge on any atom is 0.435 e. The van der Waals surface area contributed by atoms with Crippen LogP contribution in [0.2, 0.25) is 0 Å². The maximum absolute atomic E-state index is 12.8. The van der Waals surface area contributed by atoms with Gasteiger partial charge in [-0.05, 0) is 43.8 Å². The summed E-state index contributed by atoms with van der Waals surface area (Å²) in [6.07, 6.45) is -1.57. The summed E-state index contributed by atoms with van der Waals surface area (Å²) in [6.45, 7) is 2.95. The van der Waals surface area contributed by atoms with Crippen LogP contribution in [0.3, 0.4) is 0 Å². The van der Waals surface area contributed by atoms with Crippen molar-refractivity contribution in [2.24, 2.45) is 7.05 Å². The molecule has 1 N–H and O–H groups in total. The van der Waals surface area contributed by atoms with Gasteiger partial charge in [0.25, 0.3) is 5.91 Å². The van der Waals surface area contributed by atoms with E-state index in [0.717, 1.165) is 37.0 Å². The van der Waals surface area contributed by atoms with Gasteiger partial charge in [-0.25, -0.2) is 0 Å². The van der Waals surface area contributed by atoms with Crippen molar-refractivity contribution in [1.29, 1.82) is 0 Å². The molecule has 1 atom stereocenters. The lowest BCUT2D eigenvalue weighted by molar-refractivity contribution is -0.141. The number of aromatic nitrogens is 2. The van der Waals surface area contributed by atoms with Crippen LogP contribution in [0.15, 0.2) is 36.4 Å². The van der Waals surface area contributed by atoms with E-state index in [2.05, 4.69) is 39.6 Å². The lowest BCUT2D eigenvalue weighted by atomic mass is 9.89. The minimum atomic E-state index is -4.63. The number of aryl methyl sites for hydroxylation is 1. The highest BCUT2D eigenvalue weighted by atomic mass is 19.4. The van der Waals surface area contributed by atoms with E-state index >= 15 is 0 Å². The van der Waals surface area contributed by atoms with Crippen LogP contribution in [-0.4, -0.2) is 70.2 Å². The first-order chi connectivity index (χ1) is 15.7. The van der Waals surface area contributed by atoms with E-state index in [1.54, 1.807) is 4.90 Å². The summed E-state index contributed by atoms with van der Waals surface area (Å²) < 4.78 is 39.2. The van der Waals surface area contributed by atoms with Crippen molar-refractivity contribution in [1.82, 2.24) is 24.9 Å². The van der Waals surface area contributed by atoms with Crippen molar-refractivity contribution in [2.45, 2.75) is 37.4 Å². The lowest BCUT2D eigenvalue weighted by Gasteiger charge is -2.36. The molecule has 1 aromatic carbocycles. The first-order valence-electron chi connectivity index (χ1n) is 11.2. The van der Waals surface area contributed by atoms with Crippen molar-refractivity contribution in [3.8, 4) is 0 Å². The number of hydrogen-bond donors (Lipinski definition) is 1. The second kappa shape index (κ2) is 9.54. The van der Waals surface area contributed by atoms with Crippen LogP contribution < -0.4 is 5.32 Å². The zero-order valence-electron chi connectivity index (χ0n) is 18.5. The predicted octanol–water partition coefficient (Wildman–Crippen LogP) is 2.65. The minimum Gasteiger partial charge on any atom is -0.342 e. The number of carbonyl (C=O) groups excluding carboxylic acids is 2. The van der Waals surface area contributed by atoms with Crippen LogP contribution in [0.25, 0.3) is 0 Å². The quantitative estimate of drug-likeness (QED) is 0.740. The average Bonchev–Trinajstić information content (AvgIpc) is 3.45. The number of benzene rings is 1. The molecule has 0 radical (unpaired) electrons. The number of hydrogen-bond acceptors (Lipinski definition) is 4. The Bertz CT molecular complexity index is 984. The number of nitrogens with zero attached hydrogens (tertiary/aromatic N) is 4. The van der Waals surface area contributed by atoms with Gasteiger partial charge in [-0.15, -0.1) is 0 Å². The zero-order valence-corrected chi connectivity index (χ0v) is 18.5. The van der Waals surface area contributed by atoms with Gasteiger partial charge in [-0.3, -0.25) is 19.2 Å². The van der Waals surface area contributed by atoms with E-state index in [-0.39, 0.29) is 18.1 Å². The maximum atomic E-state index is 12.8. The Hall–Kier alpha value is -2.88. The molecule has 0 aliphatic carbocycles. The molecule has 2 aliphatic rings. The van der Waals surface area contributed by atoms with Crippen molar-refractivity contribution >= 4 is 11.8 Å². The van der Waals surface area contributed by atoms with Crippen LogP contribution >= 0.6 is 0 Å². The number of piperidine rings is 1. The van der Waals surface area contributed by atoms with E-state index in [9.17, 15) is 22.8 Å². The molecule has 0 spiro atoms. The fourth-order valence-corrected chi connectivity index (χ4v) is 4.77. The van der Waals surface area contributed by atoms with Crippen molar-refractivity contribution in [3.05, 3.63) is 53.3 Å². The van der Waals surface area contributed by atoms with Crippen LogP contribution in [-0.2, 0) is 18.0 Å². The molecule has 10 heteroatoms. The predicted molar refractivity (Wildman–Crippen MR) is 116 cm³/mol. The Balaban J connectivity index is 1.24. The Morgan fingerprint density at radius 3 is 2.42 bits per heavy atom. The molecule has 0 bridgehead atoms. The van der Waals surface area contributed by atoms with Gasteiger partial charge in [0.1, 0.15) is 5.69 Å². The fraction of sp³-hybridized carbons (Fsp3) is 0.522. The van der Waals surface area contributed by atoms with Gasteiger partial charge in [-0.2, -0.15) is 18.3 Å². The highest BCUT2D eigenvalue weighted by molar-refractivity contribution is 5.95. The van der Waals surface area contributed by atoms with Gasteiger partial charge in [0, 0.05) is 32.2 Å². The Morgan fingerprint density at radius 2 is 1.79 bits per heavy atom. The summed E-state index contributed by atoms with van der Waals surface area (Å²) in [5.74, 6) is -0.419. The third kappa shape index (κ3) is 5.38. The number of nitrogens with one attached hydrogen (secondary N) is 1. The Morgan fingerprint density at radius 1 is 1.09 bits per heavy atom. The molecule has 7 nitrogen and oxygen atoms in total. The monoisotopic (exact) mass is 463 g/mol. The third-order valence-electron chi connectivity index (χ3n) is 6.64. The van der Waals surface area contributed by atoms with Crippen LogP contribution in [0.1, 0.15) is 46.9 Å². The summed E-state index contributed by atoms with van der Waals surface area (Å²) in [6, 6.07) is 11.5. The van der Waals surface area contributed by atoms with Crippen LogP contribution in [0.5, 0.6) is 0 Å². The van der Waals surface area contributed by atoms with Gasteiger partial charge in [0.2, 0.25) is 5.91 Å². The summed E-state index contributed by atoms with van der Waals surface area (Å²) >= 11 is 0. The Kier molecular flexibility index (Phi) is 6.73. The summed E-state index contributed by atoms with van der Waals surface area (Å²) in [4.78, 5) is 29.0. The van der Waals surface area contributed by atoms with Gasteiger partial charge in [0.15, 0.2) is 5.69 Å². The third-order valence-corrected chi connectivity index (χ3v) is 6.64. The number of carbonyl (C=O) groups is 2. The summed E-state index contributed by atoms with van der Waals surface area (Å²) in [5.41, 5.74) is 0.00232. The Labute approximate surface area is 190 Å². The SMILES string of the molecule is Cn1nc(C(F)(F)F)cc1C(=O)NCC(=O)N1CCC(N2CCC(c3ccccc3)CC2)C1. The standard InChI is InChI=1S/C23H28F3N5O2/c1-29-19(13-20(28-29)23(24,25)26)22(33)27-14-21(32)31-12-9-18(15-31)30-10-7-17(8-11-30)16-5-3-2-4-6-16/h2-6,13,17-18H,7-12,14-15H2,1H3,(H,27,33). The van der Waals surface area contributed by atoms with Crippen LogP contribution in [0.4, 0.5) is 13.2 Å². The molecule has 2 saturated heterocycles. The molecular formula is C23H28F3N5O2. The van der Waals surface area contributed by atoms with Crippen molar-refractivity contribution < 1.29 is 22.8 Å². The molecule has 4 rings (SSSR count). The molecule has 1 unspecified atom stereocenters. The van der Waals surface area contributed by atoms with Gasteiger partial charge in [-0.1, -0.05) is 30.3 Å². The smallest absolute Gasteiger partial charge is 0.342 e. The molecular weight excluding hydrogens is 435 g/mol. The van der Waals surface area contributed by atoms with E-state index in [4.69, 9.17) is 0 Å². The van der Waals surface area contributed by atoms with E-state index in [1.165, 1.54) is 12.6 Å². The average molecular weight is 464 g/mol.